The minimum absolute atomic E-state index is 0.528. The maximum absolute atomic E-state index is 12.4. The van der Waals surface area contributed by atoms with Crippen LogP contribution in [0.25, 0.3) is 0 Å². The van der Waals surface area contributed by atoms with Crippen molar-refractivity contribution in [1.29, 1.82) is 0 Å². The average Bonchev–Trinajstić information content (AvgIpc) is 2.12. The number of hydrogen-bond donors (Lipinski definition) is 1. The molecule has 0 radical (unpaired) electrons. The van der Waals surface area contributed by atoms with Crippen LogP contribution in [0.15, 0.2) is 12.3 Å². The van der Waals surface area contributed by atoms with Crippen molar-refractivity contribution in [3.05, 3.63) is 18.0 Å². The summed E-state index contributed by atoms with van der Waals surface area (Å²) in [5.74, 6) is 0. The van der Waals surface area contributed by atoms with E-state index in [1.165, 1.54) is 6.20 Å². The molecule has 0 aliphatic heterocycles. The molecule has 50 valence electrons. The molecule has 9 heavy (non-hydrogen) atoms. The summed E-state index contributed by atoms with van der Waals surface area (Å²) in [4.78, 5) is 0.551. The van der Waals surface area contributed by atoms with Gasteiger partial charge in [-0.05, 0) is 12.5 Å². The van der Waals surface area contributed by atoms with Gasteiger partial charge < -0.3 is 5.73 Å². The Kier molecular flexibility index (Phi) is 1.42. The molecule has 0 fully saturated rings. The molecule has 0 amide bonds. The molecule has 1 aromatic rings. The third-order valence-electron chi connectivity index (χ3n) is 1.31. The zero-order chi connectivity index (χ0) is 6.85. The molecule has 0 aromatic carbocycles. The van der Waals surface area contributed by atoms with Gasteiger partial charge in [-0.25, -0.2) is 0 Å². The Hall–Kier alpha value is -0.990. The predicted octanol–water partition coefficient (Wildman–Crippen LogP) is 1.37. The zero-order valence-corrected chi connectivity index (χ0v) is 5.26. The first-order valence-electron chi connectivity index (χ1n) is 2.87. The fourth-order valence-electron chi connectivity index (χ4n) is 0.810. The van der Waals surface area contributed by atoms with Gasteiger partial charge in [-0.2, -0.15) is 4.79 Å². The van der Waals surface area contributed by atoms with Crippen molar-refractivity contribution in [2.45, 2.75) is 13.3 Å². The number of halogens is 1. The van der Waals surface area contributed by atoms with Gasteiger partial charge in [0.1, 0.15) is 0 Å². The van der Waals surface area contributed by atoms with Crippen molar-refractivity contribution >= 4 is 5.69 Å². The first-order chi connectivity index (χ1) is 4.25. The van der Waals surface area contributed by atoms with Crippen molar-refractivity contribution < 1.29 is 4.48 Å². The number of rotatable bonds is 1. The highest BCUT2D eigenvalue weighted by molar-refractivity contribution is 5.43. The first kappa shape index (κ1) is 6.13. The van der Waals surface area contributed by atoms with Gasteiger partial charge in [0, 0.05) is 6.20 Å². The molecule has 1 heterocycles. The second-order valence-corrected chi connectivity index (χ2v) is 1.88. The highest BCUT2D eigenvalue weighted by Gasteiger charge is 2.01. The molecular weight excluding hydrogens is 119 g/mol. The van der Waals surface area contributed by atoms with E-state index in [4.69, 9.17) is 5.73 Å². The molecular formula is C6H9FN2. The van der Waals surface area contributed by atoms with Crippen LogP contribution in [-0.4, -0.2) is 4.79 Å². The number of aromatic nitrogens is 1. The summed E-state index contributed by atoms with van der Waals surface area (Å²) in [5.41, 5.74) is 6.47. The van der Waals surface area contributed by atoms with Crippen molar-refractivity contribution in [3.63, 3.8) is 0 Å². The minimum atomic E-state index is 0.528. The van der Waals surface area contributed by atoms with E-state index in [0.717, 1.165) is 0 Å². The zero-order valence-electron chi connectivity index (χ0n) is 5.26. The van der Waals surface area contributed by atoms with Gasteiger partial charge in [0.25, 0.3) is 0 Å². The third-order valence-corrected chi connectivity index (χ3v) is 1.31. The van der Waals surface area contributed by atoms with Gasteiger partial charge in [-0.1, -0.05) is 11.4 Å². The van der Waals surface area contributed by atoms with E-state index in [0.29, 0.717) is 22.6 Å². The van der Waals surface area contributed by atoms with Crippen LogP contribution in [0.2, 0.25) is 0 Å². The molecule has 0 bridgehead atoms. The summed E-state index contributed by atoms with van der Waals surface area (Å²) in [5, 5.41) is 0. The van der Waals surface area contributed by atoms with Crippen molar-refractivity contribution in [2.24, 2.45) is 0 Å². The Morgan fingerprint density at radius 2 is 2.44 bits per heavy atom. The SMILES string of the molecule is CCc1c(N)ccn1F. The third kappa shape index (κ3) is 0.896. The first-order valence-corrected chi connectivity index (χ1v) is 2.87. The maximum Gasteiger partial charge on any atom is 0.0740 e. The lowest BCUT2D eigenvalue weighted by molar-refractivity contribution is 0.357. The summed E-state index contributed by atoms with van der Waals surface area (Å²) < 4.78 is 12.4. The Bertz CT molecular complexity index is 185. The summed E-state index contributed by atoms with van der Waals surface area (Å²) in [6.07, 6.45) is 1.95. The molecule has 0 saturated carbocycles. The molecule has 3 heteroatoms. The van der Waals surface area contributed by atoms with Crippen LogP contribution in [0.5, 0.6) is 0 Å². The molecule has 0 unspecified atom stereocenters. The Morgan fingerprint density at radius 3 is 2.67 bits per heavy atom. The standard InChI is InChI=1S/C6H9FN2/c1-2-6-5(8)3-4-9(6)7/h3-4H,2,8H2,1H3. The second kappa shape index (κ2) is 2.09. The van der Waals surface area contributed by atoms with Gasteiger partial charge in [0.2, 0.25) is 0 Å². The fraction of sp³-hybridized carbons (Fsp3) is 0.333. The number of anilines is 1. The van der Waals surface area contributed by atoms with E-state index in [9.17, 15) is 4.48 Å². The number of nitrogens with zero attached hydrogens (tertiary/aromatic N) is 1. The van der Waals surface area contributed by atoms with E-state index in [-0.39, 0.29) is 0 Å². The van der Waals surface area contributed by atoms with Crippen LogP contribution >= 0.6 is 0 Å². The van der Waals surface area contributed by atoms with Crippen LogP contribution in [0.4, 0.5) is 10.2 Å². The quantitative estimate of drug-likeness (QED) is 0.608. The molecule has 0 atom stereocenters. The smallest absolute Gasteiger partial charge is 0.0740 e. The molecule has 0 saturated heterocycles. The molecule has 1 aromatic heterocycles. The van der Waals surface area contributed by atoms with E-state index in [1.54, 1.807) is 6.07 Å². The highest BCUT2D eigenvalue weighted by Crippen LogP contribution is 2.12. The van der Waals surface area contributed by atoms with Crippen LogP contribution in [0.1, 0.15) is 12.6 Å². The minimum Gasteiger partial charge on any atom is -0.397 e. The number of nitrogen functional groups attached to an aromatic ring is 1. The van der Waals surface area contributed by atoms with Crippen LogP contribution < -0.4 is 5.73 Å². The normalized spacial score (nSPS) is 10.0. The summed E-state index contributed by atoms with van der Waals surface area (Å²) >= 11 is 0. The molecule has 2 N–H and O–H groups in total. The van der Waals surface area contributed by atoms with Crippen molar-refractivity contribution in [2.75, 3.05) is 5.73 Å². The van der Waals surface area contributed by atoms with Gasteiger partial charge >= 0.3 is 0 Å². The second-order valence-electron chi connectivity index (χ2n) is 1.88. The van der Waals surface area contributed by atoms with Gasteiger partial charge in [-0.3, -0.25) is 0 Å². The Balaban J connectivity index is 3.07. The Labute approximate surface area is 53.0 Å². The molecule has 2 nitrogen and oxygen atoms in total. The lowest BCUT2D eigenvalue weighted by atomic mass is 10.3. The van der Waals surface area contributed by atoms with Crippen LogP contribution in [0.3, 0.4) is 0 Å². The topological polar surface area (TPSA) is 30.9 Å². The predicted molar refractivity (Wildman–Crippen MR) is 34.7 cm³/mol. The van der Waals surface area contributed by atoms with E-state index >= 15 is 0 Å². The Morgan fingerprint density at radius 1 is 1.78 bits per heavy atom. The van der Waals surface area contributed by atoms with Crippen molar-refractivity contribution in [3.8, 4) is 0 Å². The molecule has 0 spiro atoms. The largest absolute Gasteiger partial charge is 0.397 e. The number of hydrogen-bond acceptors (Lipinski definition) is 1. The average molecular weight is 128 g/mol. The van der Waals surface area contributed by atoms with E-state index in [2.05, 4.69) is 0 Å². The molecule has 0 aliphatic rings. The molecule has 0 aliphatic carbocycles. The summed E-state index contributed by atoms with van der Waals surface area (Å²) in [7, 11) is 0. The summed E-state index contributed by atoms with van der Waals surface area (Å²) in [6.45, 7) is 1.86. The van der Waals surface area contributed by atoms with Crippen LogP contribution in [0, 0.1) is 0 Å². The molecule has 1 rings (SSSR count). The lowest BCUT2D eigenvalue weighted by Gasteiger charge is -1.94. The van der Waals surface area contributed by atoms with Gasteiger partial charge in [0.15, 0.2) is 0 Å². The summed E-state index contributed by atoms with van der Waals surface area (Å²) in [6, 6.07) is 1.55. The monoisotopic (exact) mass is 128 g/mol. The highest BCUT2D eigenvalue weighted by atomic mass is 19.2. The van der Waals surface area contributed by atoms with Gasteiger partial charge in [-0.15, -0.1) is 0 Å². The fourth-order valence-corrected chi connectivity index (χ4v) is 0.810. The van der Waals surface area contributed by atoms with Crippen LogP contribution in [-0.2, 0) is 6.42 Å². The van der Waals surface area contributed by atoms with Crippen molar-refractivity contribution in [1.82, 2.24) is 4.79 Å². The maximum atomic E-state index is 12.4. The van der Waals surface area contributed by atoms with E-state index in [1.807, 2.05) is 6.92 Å². The van der Waals surface area contributed by atoms with Gasteiger partial charge in [0.05, 0.1) is 11.4 Å². The lowest BCUT2D eigenvalue weighted by Crippen LogP contribution is -1.93. The van der Waals surface area contributed by atoms with E-state index < -0.39 is 0 Å². The number of nitrogens with two attached hydrogens (primary N) is 1.